The lowest BCUT2D eigenvalue weighted by Crippen LogP contribution is -1.96. The first-order valence-electron chi connectivity index (χ1n) is 4.48. The van der Waals surface area contributed by atoms with Gasteiger partial charge in [-0.3, -0.25) is 0 Å². The molecule has 11 heavy (non-hydrogen) atoms. The molecule has 0 aliphatic carbocycles. The SMILES string of the molecule is CCCOCCCCCOC. The van der Waals surface area contributed by atoms with E-state index in [0.717, 1.165) is 32.7 Å². The fourth-order valence-electron chi connectivity index (χ4n) is 0.874. The summed E-state index contributed by atoms with van der Waals surface area (Å²) in [5, 5.41) is 0. The van der Waals surface area contributed by atoms with Crippen LogP contribution in [0.5, 0.6) is 0 Å². The van der Waals surface area contributed by atoms with Gasteiger partial charge in [0.25, 0.3) is 0 Å². The van der Waals surface area contributed by atoms with Crippen LogP contribution in [0, 0.1) is 0 Å². The number of methoxy groups -OCH3 is 1. The average molecular weight is 160 g/mol. The Morgan fingerprint density at radius 1 is 0.909 bits per heavy atom. The van der Waals surface area contributed by atoms with Gasteiger partial charge in [0.2, 0.25) is 0 Å². The maximum absolute atomic E-state index is 5.32. The predicted octanol–water partition coefficient (Wildman–Crippen LogP) is 2.23. The van der Waals surface area contributed by atoms with E-state index in [-0.39, 0.29) is 0 Å². The molecular formula is C9H20O2. The Labute approximate surface area is 69.9 Å². The van der Waals surface area contributed by atoms with E-state index in [9.17, 15) is 0 Å². The van der Waals surface area contributed by atoms with Crippen LogP contribution in [0.15, 0.2) is 0 Å². The van der Waals surface area contributed by atoms with E-state index >= 15 is 0 Å². The average Bonchev–Trinajstić information content (AvgIpc) is 2.03. The van der Waals surface area contributed by atoms with E-state index in [4.69, 9.17) is 9.47 Å². The second-order valence-electron chi connectivity index (χ2n) is 2.67. The van der Waals surface area contributed by atoms with Crippen LogP contribution in [0.2, 0.25) is 0 Å². The lowest BCUT2D eigenvalue weighted by Gasteiger charge is -2.01. The van der Waals surface area contributed by atoms with Crippen LogP contribution in [0.4, 0.5) is 0 Å². The number of rotatable bonds is 8. The molecule has 0 aromatic carbocycles. The Balaban J connectivity index is 2.69. The number of hydrogen-bond acceptors (Lipinski definition) is 2. The Morgan fingerprint density at radius 2 is 1.64 bits per heavy atom. The fourth-order valence-corrected chi connectivity index (χ4v) is 0.874. The largest absolute Gasteiger partial charge is 0.385 e. The van der Waals surface area contributed by atoms with Crippen LogP contribution in [-0.4, -0.2) is 26.9 Å². The Kier molecular flexibility index (Phi) is 9.85. The Morgan fingerprint density at radius 3 is 2.27 bits per heavy atom. The first kappa shape index (κ1) is 10.9. The number of hydrogen-bond donors (Lipinski definition) is 0. The van der Waals surface area contributed by atoms with E-state index in [0.29, 0.717) is 0 Å². The van der Waals surface area contributed by atoms with E-state index in [1.807, 2.05) is 0 Å². The summed E-state index contributed by atoms with van der Waals surface area (Å²) in [7, 11) is 1.74. The lowest BCUT2D eigenvalue weighted by molar-refractivity contribution is 0.126. The summed E-state index contributed by atoms with van der Waals surface area (Å²) in [6.45, 7) is 4.83. The van der Waals surface area contributed by atoms with Crippen LogP contribution in [0.25, 0.3) is 0 Å². The topological polar surface area (TPSA) is 18.5 Å². The van der Waals surface area contributed by atoms with Crippen molar-refractivity contribution in [3.63, 3.8) is 0 Å². The minimum atomic E-state index is 0.883. The molecule has 0 bridgehead atoms. The van der Waals surface area contributed by atoms with Gasteiger partial charge in [-0.05, 0) is 25.7 Å². The molecule has 68 valence electrons. The normalized spacial score (nSPS) is 10.4. The molecule has 0 aliphatic heterocycles. The Bertz CT molecular complexity index is 56.6. The molecular weight excluding hydrogens is 140 g/mol. The Hall–Kier alpha value is -0.0800. The number of ether oxygens (including phenoxy) is 2. The highest BCUT2D eigenvalue weighted by molar-refractivity contribution is 4.39. The first-order chi connectivity index (χ1) is 5.41. The third-order valence-electron chi connectivity index (χ3n) is 1.49. The van der Waals surface area contributed by atoms with Crippen LogP contribution < -0.4 is 0 Å². The van der Waals surface area contributed by atoms with Crippen molar-refractivity contribution in [3.05, 3.63) is 0 Å². The van der Waals surface area contributed by atoms with Crippen molar-refractivity contribution in [3.8, 4) is 0 Å². The van der Waals surface area contributed by atoms with Gasteiger partial charge in [-0.1, -0.05) is 6.92 Å². The first-order valence-corrected chi connectivity index (χ1v) is 4.48. The zero-order chi connectivity index (χ0) is 8.36. The lowest BCUT2D eigenvalue weighted by atomic mass is 10.2. The summed E-state index contributed by atoms with van der Waals surface area (Å²) in [6, 6.07) is 0. The van der Waals surface area contributed by atoms with Gasteiger partial charge in [-0.2, -0.15) is 0 Å². The van der Waals surface area contributed by atoms with Gasteiger partial charge < -0.3 is 9.47 Å². The summed E-state index contributed by atoms with van der Waals surface area (Å²) in [5.74, 6) is 0. The molecule has 2 heteroatoms. The number of unbranched alkanes of at least 4 members (excludes halogenated alkanes) is 2. The summed E-state index contributed by atoms with van der Waals surface area (Å²) in [4.78, 5) is 0. The van der Waals surface area contributed by atoms with Crippen LogP contribution >= 0.6 is 0 Å². The zero-order valence-corrected chi connectivity index (χ0v) is 7.77. The van der Waals surface area contributed by atoms with Crippen LogP contribution in [0.3, 0.4) is 0 Å². The molecule has 0 atom stereocenters. The molecule has 0 spiro atoms. The summed E-state index contributed by atoms with van der Waals surface area (Å²) < 4.78 is 10.3. The summed E-state index contributed by atoms with van der Waals surface area (Å²) in [6.07, 6.45) is 4.67. The van der Waals surface area contributed by atoms with Crippen LogP contribution in [0.1, 0.15) is 32.6 Å². The predicted molar refractivity (Wildman–Crippen MR) is 46.8 cm³/mol. The molecule has 0 N–H and O–H groups in total. The maximum Gasteiger partial charge on any atom is 0.0466 e. The van der Waals surface area contributed by atoms with Gasteiger partial charge in [0.1, 0.15) is 0 Å². The molecule has 0 aromatic rings. The molecule has 0 aromatic heterocycles. The van der Waals surface area contributed by atoms with E-state index in [1.54, 1.807) is 7.11 Å². The third-order valence-corrected chi connectivity index (χ3v) is 1.49. The van der Waals surface area contributed by atoms with Gasteiger partial charge in [0.15, 0.2) is 0 Å². The molecule has 0 fully saturated rings. The van der Waals surface area contributed by atoms with Gasteiger partial charge in [0.05, 0.1) is 0 Å². The molecule has 0 saturated heterocycles. The van der Waals surface area contributed by atoms with E-state index in [1.165, 1.54) is 12.8 Å². The fraction of sp³-hybridized carbons (Fsp3) is 1.00. The molecule has 0 heterocycles. The smallest absolute Gasteiger partial charge is 0.0466 e. The molecule has 0 amide bonds. The highest BCUT2D eigenvalue weighted by Crippen LogP contribution is 1.96. The molecule has 2 nitrogen and oxygen atoms in total. The van der Waals surface area contributed by atoms with Gasteiger partial charge in [-0.15, -0.1) is 0 Å². The van der Waals surface area contributed by atoms with E-state index in [2.05, 4.69) is 6.92 Å². The summed E-state index contributed by atoms with van der Waals surface area (Å²) in [5.41, 5.74) is 0. The molecule has 0 saturated carbocycles. The second kappa shape index (κ2) is 9.92. The monoisotopic (exact) mass is 160 g/mol. The van der Waals surface area contributed by atoms with Gasteiger partial charge >= 0.3 is 0 Å². The molecule has 0 aliphatic rings. The van der Waals surface area contributed by atoms with Crippen molar-refractivity contribution in [2.45, 2.75) is 32.6 Å². The van der Waals surface area contributed by atoms with Crippen molar-refractivity contribution >= 4 is 0 Å². The van der Waals surface area contributed by atoms with Crippen molar-refractivity contribution in [1.29, 1.82) is 0 Å². The zero-order valence-electron chi connectivity index (χ0n) is 7.77. The minimum absolute atomic E-state index is 0.883. The van der Waals surface area contributed by atoms with Crippen molar-refractivity contribution in [1.82, 2.24) is 0 Å². The summed E-state index contributed by atoms with van der Waals surface area (Å²) >= 11 is 0. The highest BCUT2D eigenvalue weighted by Gasteiger charge is 1.88. The highest BCUT2D eigenvalue weighted by atomic mass is 16.5. The van der Waals surface area contributed by atoms with Crippen LogP contribution in [-0.2, 0) is 9.47 Å². The third kappa shape index (κ3) is 9.92. The molecule has 0 radical (unpaired) electrons. The van der Waals surface area contributed by atoms with E-state index < -0.39 is 0 Å². The second-order valence-corrected chi connectivity index (χ2v) is 2.67. The van der Waals surface area contributed by atoms with Crippen molar-refractivity contribution in [2.24, 2.45) is 0 Å². The van der Waals surface area contributed by atoms with Gasteiger partial charge in [0, 0.05) is 26.9 Å². The quantitative estimate of drug-likeness (QED) is 0.507. The molecule has 0 unspecified atom stereocenters. The standard InChI is InChI=1S/C9H20O2/c1-3-7-11-9-6-4-5-8-10-2/h3-9H2,1-2H3. The minimum Gasteiger partial charge on any atom is -0.385 e. The molecule has 0 rings (SSSR count). The van der Waals surface area contributed by atoms with Gasteiger partial charge in [-0.25, -0.2) is 0 Å². The maximum atomic E-state index is 5.32. The van der Waals surface area contributed by atoms with Crippen molar-refractivity contribution in [2.75, 3.05) is 26.9 Å². The van der Waals surface area contributed by atoms with Crippen molar-refractivity contribution < 1.29 is 9.47 Å².